The molecule has 0 fully saturated rings. The molecule has 17 heavy (non-hydrogen) atoms. The Morgan fingerprint density at radius 1 is 1.18 bits per heavy atom. The highest BCUT2D eigenvalue weighted by atomic mass is 15.1. The first-order valence-corrected chi connectivity index (χ1v) is 6.47. The highest BCUT2D eigenvalue weighted by Gasteiger charge is 2.06. The molecule has 2 nitrogen and oxygen atoms in total. The summed E-state index contributed by atoms with van der Waals surface area (Å²) in [6.45, 7) is 7.60. The number of hydrogen-bond acceptors (Lipinski definition) is 2. The van der Waals surface area contributed by atoms with Gasteiger partial charge < -0.3 is 0 Å². The van der Waals surface area contributed by atoms with E-state index in [1.165, 1.54) is 24.0 Å². The quantitative estimate of drug-likeness (QED) is 0.718. The molecule has 1 aromatic carbocycles. The van der Waals surface area contributed by atoms with Crippen LogP contribution in [0, 0.1) is 11.3 Å². The Kier molecular flexibility index (Phi) is 6.35. The minimum Gasteiger partial charge on any atom is -0.299 e. The average molecular weight is 230 g/mol. The van der Waals surface area contributed by atoms with E-state index in [2.05, 4.69) is 43.0 Å². The summed E-state index contributed by atoms with van der Waals surface area (Å²) in [5.74, 6) is 0. The van der Waals surface area contributed by atoms with Crippen molar-refractivity contribution in [2.75, 3.05) is 13.1 Å². The Hall–Kier alpha value is -1.33. The molecule has 2 heteroatoms. The molecule has 0 amide bonds. The Morgan fingerprint density at radius 2 is 1.88 bits per heavy atom. The van der Waals surface area contributed by atoms with E-state index >= 15 is 0 Å². The van der Waals surface area contributed by atoms with Crippen LogP contribution in [0.5, 0.6) is 0 Å². The second-order valence-electron chi connectivity index (χ2n) is 4.33. The summed E-state index contributed by atoms with van der Waals surface area (Å²) in [7, 11) is 0. The molecule has 0 unspecified atom stereocenters. The van der Waals surface area contributed by atoms with Gasteiger partial charge in [0.2, 0.25) is 0 Å². The summed E-state index contributed by atoms with van der Waals surface area (Å²) in [5.41, 5.74) is 2.47. The Labute approximate surface area is 105 Å². The molecule has 1 rings (SSSR count). The lowest BCUT2D eigenvalue weighted by Crippen LogP contribution is -2.24. The van der Waals surface area contributed by atoms with E-state index in [0.29, 0.717) is 6.42 Å². The van der Waals surface area contributed by atoms with Crippen molar-refractivity contribution in [2.24, 2.45) is 0 Å². The number of unbranched alkanes of at least 4 members (excludes halogenated alkanes) is 1. The van der Waals surface area contributed by atoms with Crippen LogP contribution in [0.25, 0.3) is 0 Å². The molecule has 0 radical (unpaired) electrons. The van der Waals surface area contributed by atoms with E-state index in [1.54, 1.807) is 0 Å². The van der Waals surface area contributed by atoms with E-state index in [1.807, 2.05) is 6.07 Å². The molecule has 0 aliphatic carbocycles. The first-order chi connectivity index (χ1) is 8.31. The number of nitrogens with zero attached hydrogens (tertiary/aromatic N) is 2. The van der Waals surface area contributed by atoms with E-state index in [4.69, 9.17) is 5.26 Å². The first-order valence-electron chi connectivity index (χ1n) is 6.47. The third-order valence-electron chi connectivity index (χ3n) is 3.06. The third kappa shape index (κ3) is 4.58. The van der Waals surface area contributed by atoms with Crippen molar-refractivity contribution in [3.8, 4) is 6.07 Å². The lowest BCUT2D eigenvalue weighted by molar-refractivity contribution is 0.275. The highest BCUT2D eigenvalue weighted by molar-refractivity contribution is 5.29. The fourth-order valence-corrected chi connectivity index (χ4v) is 1.94. The Balaban J connectivity index is 2.68. The standard InChI is InChI=1S/C15H22N2/c1-3-5-12-17(4-2)13-15-9-7-6-8-14(15)10-11-16/h6-9H,3-5,10,12-13H2,1-2H3. The third-order valence-corrected chi connectivity index (χ3v) is 3.06. The Morgan fingerprint density at radius 3 is 2.47 bits per heavy atom. The van der Waals surface area contributed by atoms with Gasteiger partial charge in [-0.1, -0.05) is 44.5 Å². The first kappa shape index (κ1) is 13.7. The molecule has 0 aliphatic heterocycles. The number of benzene rings is 1. The van der Waals surface area contributed by atoms with E-state index in [-0.39, 0.29) is 0 Å². The van der Waals surface area contributed by atoms with E-state index in [0.717, 1.165) is 19.6 Å². The molecular formula is C15H22N2. The molecule has 0 saturated heterocycles. The van der Waals surface area contributed by atoms with Crippen molar-refractivity contribution in [1.29, 1.82) is 5.26 Å². The van der Waals surface area contributed by atoms with E-state index in [9.17, 15) is 0 Å². The monoisotopic (exact) mass is 230 g/mol. The van der Waals surface area contributed by atoms with Gasteiger partial charge in [-0.3, -0.25) is 4.90 Å². The number of nitriles is 1. The molecule has 0 atom stereocenters. The van der Waals surface area contributed by atoms with Crippen molar-refractivity contribution in [3.05, 3.63) is 35.4 Å². The highest BCUT2D eigenvalue weighted by Crippen LogP contribution is 2.12. The summed E-state index contributed by atoms with van der Waals surface area (Å²) in [5, 5.41) is 8.81. The van der Waals surface area contributed by atoms with Crippen molar-refractivity contribution in [2.45, 2.75) is 39.7 Å². The molecule has 92 valence electrons. The normalized spacial score (nSPS) is 10.5. The van der Waals surface area contributed by atoms with Gasteiger partial charge in [-0.05, 0) is 30.6 Å². The zero-order chi connectivity index (χ0) is 12.5. The predicted octanol–water partition coefficient (Wildman–Crippen LogP) is 3.37. The topological polar surface area (TPSA) is 27.0 Å². The maximum absolute atomic E-state index is 8.81. The minimum absolute atomic E-state index is 0.515. The zero-order valence-corrected chi connectivity index (χ0v) is 10.9. The van der Waals surface area contributed by atoms with Crippen molar-refractivity contribution < 1.29 is 0 Å². The van der Waals surface area contributed by atoms with Gasteiger partial charge in [0.05, 0.1) is 12.5 Å². The molecule has 0 N–H and O–H groups in total. The SMILES string of the molecule is CCCCN(CC)Cc1ccccc1CC#N. The van der Waals surface area contributed by atoms with Gasteiger partial charge in [0.25, 0.3) is 0 Å². The summed E-state index contributed by atoms with van der Waals surface area (Å²) >= 11 is 0. The van der Waals surface area contributed by atoms with Crippen molar-refractivity contribution >= 4 is 0 Å². The second kappa shape index (κ2) is 7.86. The van der Waals surface area contributed by atoms with Crippen LogP contribution in [0.3, 0.4) is 0 Å². The van der Waals surface area contributed by atoms with Crippen LogP contribution in [0.15, 0.2) is 24.3 Å². The van der Waals surface area contributed by atoms with Crippen LogP contribution >= 0.6 is 0 Å². The van der Waals surface area contributed by atoms with Crippen LogP contribution < -0.4 is 0 Å². The maximum atomic E-state index is 8.81. The summed E-state index contributed by atoms with van der Waals surface area (Å²) in [6.07, 6.45) is 2.99. The van der Waals surface area contributed by atoms with Crippen LogP contribution in [0.1, 0.15) is 37.8 Å². The summed E-state index contributed by atoms with van der Waals surface area (Å²) in [4.78, 5) is 2.44. The molecule has 0 heterocycles. The van der Waals surface area contributed by atoms with Crippen molar-refractivity contribution in [3.63, 3.8) is 0 Å². The van der Waals surface area contributed by atoms with Gasteiger partial charge >= 0.3 is 0 Å². The van der Waals surface area contributed by atoms with Crippen LogP contribution in [0.2, 0.25) is 0 Å². The van der Waals surface area contributed by atoms with Crippen LogP contribution in [-0.4, -0.2) is 18.0 Å². The number of rotatable bonds is 7. The molecule has 1 aromatic rings. The second-order valence-corrected chi connectivity index (χ2v) is 4.33. The molecule has 0 spiro atoms. The fourth-order valence-electron chi connectivity index (χ4n) is 1.94. The molecule has 0 aromatic heterocycles. The zero-order valence-electron chi connectivity index (χ0n) is 10.9. The minimum atomic E-state index is 0.515. The largest absolute Gasteiger partial charge is 0.299 e. The Bertz CT molecular complexity index is 365. The lowest BCUT2D eigenvalue weighted by Gasteiger charge is -2.21. The van der Waals surface area contributed by atoms with Gasteiger partial charge in [-0.15, -0.1) is 0 Å². The molecular weight excluding hydrogens is 208 g/mol. The average Bonchev–Trinajstić information content (AvgIpc) is 2.36. The summed E-state index contributed by atoms with van der Waals surface area (Å²) < 4.78 is 0. The smallest absolute Gasteiger partial charge is 0.0669 e. The van der Waals surface area contributed by atoms with Gasteiger partial charge in [-0.25, -0.2) is 0 Å². The van der Waals surface area contributed by atoms with Gasteiger partial charge in [0, 0.05) is 6.54 Å². The van der Waals surface area contributed by atoms with Gasteiger partial charge in [-0.2, -0.15) is 5.26 Å². The van der Waals surface area contributed by atoms with Gasteiger partial charge in [0.1, 0.15) is 0 Å². The predicted molar refractivity (Wildman–Crippen MR) is 71.6 cm³/mol. The summed E-state index contributed by atoms with van der Waals surface area (Å²) in [6, 6.07) is 10.5. The molecule has 0 aliphatic rings. The molecule has 0 bridgehead atoms. The fraction of sp³-hybridized carbons (Fsp3) is 0.533. The van der Waals surface area contributed by atoms with Crippen molar-refractivity contribution in [1.82, 2.24) is 4.90 Å². The van der Waals surface area contributed by atoms with Crippen LogP contribution in [-0.2, 0) is 13.0 Å². The molecule has 0 saturated carbocycles. The van der Waals surface area contributed by atoms with Gasteiger partial charge in [0.15, 0.2) is 0 Å². The maximum Gasteiger partial charge on any atom is 0.0669 e. The lowest BCUT2D eigenvalue weighted by atomic mass is 10.0. The number of hydrogen-bond donors (Lipinski definition) is 0. The van der Waals surface area contributed by atoms with E-state index < -0.39 is 0 Å². The van der Waals surface area contributed by atoms with Crippen LogP contribution in [0.4, 0.5) is 0 Å².